The molecular formula is C4H9ClO3P+. The molecule has 54 valence electrons. The maximum atomic E-state index is 10.3. The molecule has 1 unspecified atom stereocenters. The summed E-state index contributed by atoms with van der Waals surface area (Å²) in [5.41, 5.74) is 0. The second-order valence-corrected chi connectivity index (χ2v) is 2.73. The third kappa shape index (κ3) is 6.19. The first-order valence-corrected chi connectivity index (χ1v) is 4.14. The summed E-state index contributed by atoms with van der Waals surface area (Å²) in [5.74, 6) is 0.521. The SMILES string of the molecule is CO[P+](=O)OCCCCl. The largest absolute Gasteiger partial charge is 0.697 e. The van der Waals surface area contributed by atoms with Gasteiger partial charge in [0.15, 0.2) is 0 Å². The van der Waals surface area contributed by atoms with Crippen molar-refractivity contribution in [3.05, 3.63) is 0 Å². The lowest BCUT2D eigenvalue weighted by Gasteiger charge is -1.84. The highest BCUT2D eigenvalue weighted by Gasteiger charge is 2.15. The van der Waals surface area contributed by atoms with E-state index in [1.54, 1.807) is 0 Å². The summed E-state index contributed by atoms with van der Waals surface area (Å²) in [6.45, 7) is 0.395. The van der Waals surface area contributed by atoms with Crippen LogP contribution in [-0.4, -0.2) is 19.6 Å². The van der Waals surface area contributed by atoms with Crippen LogP contribution in [-0.2, 0) is 13.6 Å². The van der Waals surface area contributed by atoms with Crippen LogP contribution in [0.2, 0.25) is 0 Å². The smallest absolute Gasteiger partial charge is 0.127 e. The van der Waals surface area contributed by atoms with Crippen molar-refractivity contribution in [2.24, 2.45) is 0 Å². The van der Waals surface area contributed by atoms with Gasteiger partial charge in [0.1, 0.15) is 6.61 Å². The van der Waals surface area contributed by atoms with Gasteiger partial charge >= 0.3 is 8.25 Å². The second kappa shape index (κ2) is 6.43. The fourth-order valence-corrected chi connectivity index (χ4v) is 0.739. The summed E-state index contributed by atoms with van der Waals surface area (Å²) in [4.78, 5) is 0. The van der Waals surface area contributed by atoms with Crippen molar-refractivity contribution in [3.63, 3.8) is 0 Å². The molecule has 0 aliphatic rings. The zero-order chi connectivity index (χ0) is 7.11. The predicted molar refractivity (Wildman–Crippen MR) is 35.9 cm³/mol. The van der Waals surface area contributed by atoms with Gasteiger partial charge in [-0.25, -0.2) is 0 Å². The molecule has 0 spiro atoms. The lowest BCUT2D eigenvalue weighted by Crippen LogP contribution is -1.87. The summed E-state index contributed by atoms with van der Waals surface area (Å²) in [6, 6.07) is 0. The number of hydrogen-bond acceptors (Lipinski definition) is 3. The molecule has 3 nitrogen and oxygen atoms in total. The third-order valence-electron chi connectivity index (χ3n) is 0.624. The molecule has 9 heavy (non-hydrogen) atoms. The highest BCUT2D eigenvalue weighted by Crippen LogP contribution is 2.21. The predicted octanol–water partition coefficient (Wildman–Crippen LogP) is 1.94. The van der Waals surface area contributed by atoms with Gasteiger partial charge in [-0.3, -0.25) is 0 Å². The summed E-state index contributed by atoms with van der Waals surface area (Å²) >= 11 is 5.31. The lowest BCUT2D eigenvalue weighted by atomic mass is 10.5. The molecule has 0 aliphatic heterocycles. The van der Waals surface area contributed by atoms with E-state index >= 15 is 0 Å². The Kier molecular flexibility index (Phi) is 6.65. The molecule has 0 heterocycles. The molecule has 0 aliphatic carbocycles. The number of rotatable bonds is 5. The molecule has 0 amide bonds. The van der Waals surface area contributed by atoms with E-state index < -0.39 is 8.25 Å². The Morgan fingerprint density at radius 1 is 1.67 bits per heavy atom. The summed E-state index contributed by atoms with van der Waals surface area (Å²) in [7, 11) is -0.566. The molecule has 1 atom stereocenters. The molecule has 0 aromatic heterocycles. The van der Waals surface area contributed by atoms with Crippen molar-refractivity contribution >= 4 is 19.9 Å². The van der Waals surface area contributed by atoms with Crippen molar-refractivity contribution in [1.29, 1.82) is 0 Å². The maximum absolute atomic E-state index is 10.3. The van der Waals surface area contributed by atoms with Crippen LogP contribution in [0.15, 0.2) is 0 Å². The standard InChI is InChI=1S/C4H9ClO3P/c1-7-9(6)8-4-2-3-5/h2-4H2,1H3/q+1. The van der Waals surface area contributed by atoms with Crippen LogP contribution in [0.25, 0.3) is 0 Å². The Balaban J connectivity index is 2.97. The van der Waals surface area contributed by atoms with Gasteiger partial charge < -0.3 is 0 Å². The third-order valence-corrected chi connectivity index (χ3v) is 1.58. The van der Waals surface area contributed by atoms with Crippen molar-refractivity contribution < 1.29 is 13.6 Å². The Bertz CT molecular complexity index is 87.9. The molecule has 0 bridgehead atoms. The highest BCUT2D eigenvalue weighted by atomic mass is 35.5. The van der Waals surface area contributed by atoms with E-state index in [0.717, 1.165) is 0 Å². The minimum Gasteiger partial charge on any atom is -0.127 e. The van der Waals surface area contributed by atoms with Gasteiger partial charge in [0.25, 0.3) is 0 Å². The van der Waals surface area contributed by atoms with Gasteiger partial charge in [0.2, 0.25) is 0 Å². The van der Waals surface area contributed by atoms with E-state index in [0.29, 0.717) is 18.9 Å². The van der Waals surface area contributed by atoms with E-state index in [4.69, 9.17) is 11.6 Å². The molecule has 0 saturated heterocycles. The average molecular weight is 172 g/mol. The molecule has 0 radical (unpaired) electrons. The molecule has 0 aromatic carbocycles. The lowest BCUT2D eigenvalue weighted by molar-refractivity contribution is 0.257. The minimum atomic E-state index is -1.90. The molecule has 0 rings (SSSR count). The summed E-state index contributed by atoms with van der Waals surface area (Å²) in [6.07, 6.45) is 0.700. The van der Waals surface area contributed by atoms with Crippen LogP contribution in [0, 0.1) is 0 Å². The Labute approximate surface area is 60.2 Å². The highest BCUT2D eigenvalue weighted by molar-refractivity contribution is 7.33. The van der Waals surface area contributed by atoms with Gasteiger partial charge in [-0.1, -0.05) is 0 Å². The topological polar surface area (TPSA) is 35.5 Å². The Morgan fingerprint density at radius 2 is 2.33 bits per heavy atom. The normalized spacial score (nSPS) is 11.6. The number of alkyl halides is 1. The van der Waals surface area contributed by atoms with Crippen LogP contribution in [0.1, 0.15) is 6.42 Å². The molecule has 0 saturated carbocycles. The van der Waals surface area contributed by atoms with Gasteiger partial charge in [0, 0.05) is 10.4 Å². The molecule has 0 N–H and O–H groups in total. The quantitative estimate of drug-likeness (QED) is 0.360. The van der Waals surface area contributed by atoms with E-state index in [1.165, 1.54) is 7.11 Å². The molecule has 5 heteroatoms. The first kappa shape index (κ1) is 9.31. The average Bonchev–Trinajstić information content (AvgIpc) is 1.89. The fraction of sp³-hybridized carbons (Fsp3) is 1.00. The van der Waals surface area contributed by atoms with Crippen molar-refractivity contribution in [3.8, 4) is 0 Å². The van der Waals surface area contributed by atoms with Crippen LogP contribution < -0.4 is 0 Å². The monoisotopic (exact) mass is 171 g/mol. The summed E-state index contributed by atoms with van der Waals surface area (Å²) in [5, 5.41) is 0. The summed E-state index contributed by atoms with van der Waals surface area (Å²) < 4.78 is 19.3. The van der Waals surface area contributed by atoms with Gasteiger partial charge in [-0.2, -0.15) is 0 Å². The first-order valence-electron chi connectivity index (χ1n) is 2.51. The zero-order valence-electron chi connectivity index (χ0n) is 5.17. The Morgan fingerprint density at radius 3 is 2.78 bits per heavy atom. The Hall–Kier alpha value is 0.310. The van der Waals surface area contributed by atoms with Crippen molar-refractivity contribution in [1.82, 2.24) is 0 Å². The van der Waals surface area contributed by atoms with Crippen LogP contribution in [0.3, 0.4) is 0 Å². The molecule has 0 aromatic rings. The van der Waals surface area contributed by atoms with Gasteiger partial charge in [0.05, 0.1) is 7.11 Å². The van der Waals surface area contributed by atoms with Crippen LogP contribution >= 0.6 is 19.9 Å². The van der Waals surface area contributed by atoms with E-state index in [1.807, 2.05) is 0 Å². The van der Waals surface area contributed by atoms with Crippen LogP contribution in [0.4, 0.5) is 0 Å². The minimum absolute atomic E-state index is 0.395. The molecule has 0 fully saturated rings. The number of halogens is 1. The molecular weight excluding hydrogens is 162 g/mol. The zero-order valence-corrected chi connectivity index (χ0v) is 6.82. The van der Waals surface area contributed by atoms with Crippen molar-refractivity contribution in [2.75, 3.05) is 19.6 Å². The van der Waals surface area contributed by atoms with E-state index in [2.05, 4.69) is 9.05 Å². The second-order valence-electron chi connectivity index (χ2n) is 1.28. The fourth-order valence-electron chi connectivity index (χ4n) is 0.246. The van der Waals surface area contributed by atoms with Gasteiger partial charge in [-0.15, -0.1) is 20.6 Å². The van der Waals surface area contributed by atoms with Gasteiger partial charge in [-0.05, 0) is 6.42 Å². The van der Waals surface area contributed by atoms with Crippen LogP contribution in [0.5, 0.6) is 0 Å². The van der Waals surface area contributed by atoms with E-state index in [9.17, 15) is 4.57 Å². The van der Waals surface area contributed by atoms with E-state index in [-0.39, 0.29) is 0 Å². The maximum Gasteiger partial charge on any atom is 0.697 e. The number of hydrogen-bond donors (Lipinski definition) is 0. The van der Waals surface area contributed by atoms with Crippen molar-refractivity contribution in [2.45, 2.75) is 6.42 Å². The first-order chi connectivity index (χ1) is 4.31.